The van der Waals surface area contributed by atoms with Gasteiger partial charge >= 0.3 is 0 Å². The maximum absolute atomic E-state index is 11.0. The van der Waals surface area contributed by atoms with Crippen molar-refractivity contribution in [2.75, 3.05) is 6.61 Å². The summed E-state index contributed by atoms with van der Waals surface area (Å²) in [6, 6.07) is 0. The largest absolute Gasteiger partial charge is 0.394 e. The number of ketones is 1. The lowest BCUT2D eigenvalue weighted by molar-refractivity contribution is -0.187. The maximum Gasteiger partial charge on any atom is 0.183 e. The highest BCUT2D eigenvalue weighted by Gasteiger charge is 2.49. The van der Waals surface area contributed by atoms with Gasteiger partial charge in [-0.3, -0.25) is 4.79 Å². The Balaban J connectivity index is 5.10. The summed E-state index contributed by atoms with van der Waals surface area (Å²) in [7, 11) is 0. The summed E-state index contributed by atoms with van der Waals surface area (Å²) in [5.41, 5.74) is -2.82. The first-order chi connectivity index (χ1) is 6.82. The van der Waals surface area contributed by atoms with Crippen LogP contribution in [0.5, 0.6) is 0 Å². The minimum atomic E-state index is -2.82. The third-order valence-corrected chi connectivity index (χ3v) is 2.15. The van der Waals surface area contributed by atoms with E-state index in [0.29, 0.717) is 0 Å². The van der Waals surface area contributed by atoms with Crippen LogP contribution in [0.4, 0.5) is 0 Å². The zero-order chi connectivity index (χ0) is 12.2. The predicted molar refractivity (Wildman–Crippen MR) is 46.8 cm³/mol. The SMILES string of the molecule is CC(=O)[C@](O)([C@H](O)[C@H](O)CO)[C@@H](O)C=O. The van der Waals surface area contributed by atoms with Gasteiger partial charge in [-0.1, -0.05) is 0 Å². The molecule has 0 saturated carbocycles. The highest BCUT2D eigenvalue weighted by atomic mass is 16.4. The number of carbonyl (C=O) groups is 2. The van der Waals surface area contributed by atoms with Gasteiger partial charge in [0.1, 0.15) is 18.3 Å². The van der Waals surface area contributed by atoms with Crippen molar-refractivity contribution in [1.29, 1.82) is 0 Å². The molecule has 0 amide bonds. The lowest BCUT2D eigenvalue weighted by atomic mass is 9.84. The number of aliphatic hydroxyl groups is 5. The van der Waals surface area contributed by atoms with Gasteiger partial charge in [0.05, 0.1) is 6.61 Å². The topological polar surface area (TPSA) is 135 Å². The summed E-state index contributed by atoms with van der Waals surface area (Å²) in [5, 5.41) is 45.5. The zero-order valence-electron chi connectivity index (χ0n) is 8.07. The summed E-state index contributed by atoms with van der Waals surface area (Å²) in [5.74, 6) is -1.10. The quantitative estimate of drug-likeness (QED) is 0.295. The Morgan fingerprint density at radius 3 is 2.13 bits per heavy atom. The van der Waals surface area contributed by atoms with Crippen molar-refractivity contribution in [2.24, 2.45) is 0 Å². The van der Waals surface area contributed by atoms with Crippen LogP contribution in [-0.2, 0) is 9.59 Å². The van der Waals surface area contributed by atoms with E-state index in [-0.39, 0.29) is 6.29 Å². The van der Waals surface area contributed by atoms with Gasteiger partial charge in [0.2, 0.25) is 0 Å². The molecule has 4 atom stereocenters. The van der Waals surface area contributed by atoms with Crippen LogP contribution in [0.25, 0.3) is 0 Å². The normalized spacial score (nSPS) is 21.2. The van der Waals surface area contributed by atoms with Crippen LogP contribution in [0, 0.1) is 0 Å². The molecule has 0 bridgehead atoms. The molecule has 88 valence electrons. The van der Waals surface area contributed by atoms with E-state index < -0.39 is 36.3 Å². The fourth-order valence-electron chi connectivity index (χ4n) is 1.09. The van der Waals surface area contributed by atoms with Crippen LogP contribution in [0.1, 0.15) is 6.92 Å². The molecular formula is C8H14O7. The zero-order valence-corrected chi connectivity index (χ0v) is 8.07. The lowest BCUT2D eigenvalue weighted by Gasteiger charge is -2.34. The summed E-state index contributed by atoms with van der Waals surface area (Å²) < 4.78 is 0. The van der Waals surface area contributed by atoms with Crippen LogP contribution in [0.15, 0.2) is 0 Å². The molecule has 0 aromatic heterocycles. The van der Waals surface area contributed by atoms with Crippen LogP contribution in [0.2, 0.25) is 0 Å². The average molecular weight is 222 g/mol. The van der Waals surface area contributed by atoms with Gasteiger partial charge < -0.3 is 30.3 Å². The van der Waals surface area contributed by atoms with Gasteiger partial charge in [-0.05, 0) is 6.92 Å². The van der Waals surface area contributed by atoms with Crippen molar-refractivity contribution in [3.63, 3.8) is 0 Å². The number of aldehydes is 1. The second-order valence-electron chi connectivity index (χ2n) is 3.16. The first kappa shape index (κ1) is 14.1. The summed E-state index contributed by atoms with van der Waals surface area (Å²) in [6.07, 6.45) is -6.31. The molecule has 0 spiro atoms. The Bertz CT molecular complexity index is 241. The van der Waals surface area contributed by atoms with Crippen molar-refractivity contribution in [3.05, 3.63) is 0 Å². The highest BCUT2D eigenvalue weighted by Crippen LogP contribution is 2.19. The fourth-order valence-corrected chi connectivity index (χ4v) is 1.09. The van der Waals surface area contributed by atoms with Gasteiger partial charge in [0.15, 0.2) is 17.7 Å². The van der Waals surface area contributed by atoms with Gasteiger partial charge in [-0.15, -0.1) is 0 Å². The van der Waals surface area contributed by atoms with Crippen molar-refractivity contribution in [1.82, 2.24) is 0 Å². The molecule has 0 saturated heterocycles. The van der Waals surface area contributed by atoms with Crippen molar-refractivity contribution >= 4 is 12.1 Å². The molecule has 0 heterocycles. The van der Waals surface area contributed by atoms with E-state index >= 15 is 0 Å². The third-order valence-electron chi connectivity index (χ3n) is 2.15. The second-order valence-corrected chi connectivity index (χ2v) is 3.16. The molecule has 15 heavy (non-hydrogen) atoms. The summed E-state index contributed by atoms with van der Waals surface area (Å²) in [4.78, 5) is 21.3. The number of rotatable bonds is 6. The Kier molecular flexibility index (Phi) is 4.98. The summed E-state index contributed by atoms with van der Waals surface area (Å²) in [6.45, 7) is -0.0949. The molecule has 0 aromatic carbocycles. The Labute approximate surface area is 85.6 Å². The number of aliphatic hydroxyl groups excluding tert-OH is 4. The highest BCUT2D eigenvalue weighted by molar-refractivity contribution is 5.89. The van der Waals surface area contributed by atoms with Crippen molar-refractivity contribution in [3.8, 4) is 0 Å². The fraction of sp³-hybridized carbons (Fsp3) is 0.750. The van der Waals surface area contributed by atoms with E-state index in [9.17, 15) is 19.8 Å². The molecule has 7 heteroatoms. The van der Waals surface area contributed by atoms with Crippen molar-refractivity contribution < 1.29 is 35.1 Å². The van der Waals surface area contributed by atoms with E-state index in [4.69, 9.17) is 15.3 Å². The van der Waals surface area contributed by atoms with Crippen LogP contribution in [-0.4, -0.2) is 68.1 Å². The minimum absolute atomic E-state index is 0.144. The molecule has 0 fully saturated rings. The maximum atomic E-state index is 11.0. The molecule has 0 aliphatic rings. The van der Waals surface area contributed by atoms with Crippen LogP contribution in [0.3, 0.4) is 0 Å². The number of hydrogen-bond donors (Lipinski definition) is 5. The molecular weight excluding hydrogens is 208 g/mol. The predicted octanol–water partition coefficient (Wildman–Crippen LogP) is -3.42. The monoisotopic (exact) mass is 222 g/mol. The van der Waals surface area contributed by atoms with Gasteiger partial charge in [0.25, 0.3) is 0 Å². The van der Waals surface area contributed by atoms with E-state index in [1.54, 1.807) is 0 Å². The van der Waals surface area contributed by atoms with Gasteiger partial charge in [-0.2, -0.15) is 0 Å². The smallest absolute Gasteiger partial charge is 0.183 e. The molecule has 0 radical (unpaired) electrons. The van der Waals surface area contributed by atoms with Gasteiger partial charge in [0, 0.05) is 0 Å². The van der Waals surface area contributed by atoms with Crippen molar-refractivity contribution in [2.45, 2.75) is 30.8 Å². The number of hydrogen-bond acceptors (Lipinski definition) is 7. The Morgan fingerprint density at radius 2 is 1.87 bits per heavy atom. The Morgan fingerprint density at radius 1 is 1.40 bits per heavy atom. The molecule has 0 aliphatic carbocycles. The molecule has 5 N–H and O–H groups in total. The van der Waals surface area contributed by atoms with E-state index in [2.05, 4.69) is 0 Å². The lowest BCUT2D eigenvalue weighted by Crippen LogP contribution is -2.62. The molecule has 0 aromatic rings. The van der Waals surface area contributed by atoms with E-state index in [1.807, 2.05) is 0 Å². The number of carbonyl (C=O) groups excluding carboxylic acids is 2. The summed E-state index contributed by atoms with van der Waals surface area (Å²) >= 11 is 0. The van der Waals surface area contributed by atoms with Crippen LogP contribution < -0.4 is 0 Å². The van der Waals surface area contributed by atoms with Crippen LogP contribution >= 0.6 is 0 Å². The van der Waals surface area contributed by atoms with E-state index in [1.165, 1.54) is 0 Å². The second kappa shape index (κ2) is 5.29. The molecule has 0 aliphatic heterocycles. The van der Waals surface area contributed by atoms with Gasteiger partial charge in [-0.25, -0.2) is 0 Å². The Hall–Kier alpha value is -0.860. The number of Topliss-reactive ketones (excluding diaryl/α,β-unsaturated/α-hetero) is 1. The van der Waals surface area contributed by atoms with E-state index in [0.717, 1.165) is 6.92 Å². The third kappa shape index (κ3) is 2.58. The standard InChI is InChI=1S/C8H14O7/c1-4(11)8(15,6(13)3-10)7(14)5(12)2-9/h3,5-7,9,12-15H,2H2,1H3/t5-,6+,7-,8-/m1/s1. The minimum Gasteiger partial charge on any atom is -0.394 e. The first-order valence-electron chi connectivity index (χ1n) is 4.16. The molecule has 0 unspecified atom stereocenters. The first-order valence-corrected chi connectivity index (χ1v) is 4.16. The molecule has 0 rings (SSSR count). The average Bonchev–Trinajstić information content (AvgIpc) is 2.24. The molecule has 7 nitrogen and oxygen atoms in total.